The summed E-state index contributed by atoms with van der Waals surface area (Å²) in [6.07, 6.45) is 0.302. The first-order valence-corrected chi connectivity index (χ1v) is 13.3. The summed E-state index contributed by atoms with van der Waals surface area (Å²) in [5.74, 6) is 0.0647. The number of alkyl carbamates (subject to hydrolysis) is 1. The average Bonchev–Trinajstić information content (AvgIpc) is 3.28. The van der Waals surface area contributed by atoms with Crippen LogP contribution in [0.2, 0.25) is 0 Å². The zero-order valence-electron chi connectivity index (χ0n) is 21.8. The molecule has 0 aliphatic heterocycles. The first kappa shape index (κ1) is 27.8. The lowest BCUT2D eigenvalue weighted by Crippen LogP contribution is -2.27. The van der Waals surface area contributed by atoms with Crippen LogP contribution in [0, 0.1) is 0 Å². The number of carbonyl (C=O) groups is 1. The van der Waals surface area contributed by atoms with Gasteiger partial charge in [-0.2, -0.15) is 0 Å². The molecule has 0 aromatic heterocycles. The van der Waals surface area contributed by atoms with Gasteiger partial charge in [-0.3, -0.25) is 0 Å². The van der Waals surface area contributed by atoms with Gasteiger partial charge in [0.1, 0.15) is 6.61 Å². The largest absolute Gasteiger partial charge is 0.449 e. The lowest BCUT2D eigenvalue weighted by Gasteiger charge is -2.14. The molecule has 0 bridgehead atoms. The Bertz CT molecular complexity index is 1060. The highest BCUT2D eigenvalue weighted by molar-refractivity contribution is 5.79. The minimum atomic E-state index is -0.402. The van der Waals surface area contributed by atoms with Gasteiger partial charge in [0.15, 0.2) is 0 Å². The average molecular weight is 520 g/mol. The Morgan fingerprint density at radius 2 is 1.16 bits per heavy atom. The molecule has 1 aliphatic rings. The monoisotopic (exact) mass is 519 g/mol. The zero-order valence-corrected chi connectivity index (χ0v) is 21.8. The van der Waals surface area contributed by atoms with Crippen LogP contribution in [0.5, 0.6) is 0 Å². The fourth-order valence-electron chi connectivity index (χ4n) is 4.44. The maximum absolute atomic E-state index is 12.2. The van der Waals surface area contributed by atoms with E-state index in [-0.39, 0.29) is 5.92 Å². The van der Waals surface area contributed by atoms with Gasteiger partial charge in [0.2, 0.25) is 0 Å². The number of hydrogen-bond donors (Lipinski definition) is 1. The van der Waals surface area contributed by atoms with Gasteiger partial charge in [-0.15, -0.1) is 0 Å². The standard InChI is InChI=1S/C31H37NO6/c33-31(38-24-30-28-13-6-4-11-26(28)27-12-5-7-14-29(27)30)32-15-8-16-34-17-18-35-19-20-36-21-22-37-23-25-9-2-1-3-10-25/h1-7,9-14,30H,8,15-24H2,(H,32,33). The van der Waals surface area contributed by atoms with E-state index in [1.165, 1.54) is 22.3 Å². The van der Waals surface area contributed by atoms with Crippen LogP contribution in [0.1, 0.15) is 29.0 Å². The second-order valence-corrected chi connectivity index (χ2v) is 8.98. The lowest BCUT2D eigenvalue weighted by atomic mass is 9.98. The molecule has 38 heavy (non-hydrogen) atoms. The predicted molar refractivity (Wildman–Crippen MR) is 146 cm³/mol. The van der Waals surface area contributed by atoms with E-state index in [0.29, 0.717) is 72.4 Å². The Hall–Kier alpha value is -3.23. The molecule has 0 atom stereocenters. The smallest absolute Gasteiger partial charge is 0.407 e. The van der Waals surface area contributed by atoms with Gasteiger partial charge in [0.05, 0.1) is 46.2 Å². The third-order valence-electron chi connectivity index (χ3n) is 6.31. The number of rotatable bonds is 17. The molecule has 0 unspecified atom stereocenters. The molecule has 4 rings (SSSR count). The van der Waals surface area contributed by atoms with Crippen LogP contribution in [-0.4, -0.2) is 65.5 Å². The third kappa shape index (κ3) is 8.67. The Balaban J connectivity index is 0.950. The number of nitrogens with one attached hydrogen (secondary N) is 1. The number of hydrogen-bond acceptors (Lipinski definition) is 6. The highest BCUT2D eigenvalue weighted by atomic mass is 16.6. The highest BCUT2D eigenvalue weighted by Gasteiger charge is 2.28. The normalized spacial score (nSPS) is 12.2. The second kappa shape index (κ2) is 15.9. The molecule has 0 saturated carbocycles. The molecule has 7 nitrogen and oxygen atoms in total. The predicted octanol–water partition coefficient (Wildman–Crippen LogP) is 5.18. The maximum Gasteiger partial charge on any atom is 0.407 e. The van der Waals surface area contributed by atoms with Gasteiger partial charge >= 0.3 is 6.09 Å². The molecule has 0 radical (unpaired) electrons. The summed E-state index contributed by atoms with van der Waals surface area (Å²) in [5, 5.41) is 2.80. The van der Waals surface area contributed by atoms with Crippen LogP contribution >= 0.6 is 0 Å². The molecular weight excluding hydrogens is 482 g/mol. The van der Waals surface area contributed by atoms with Crippen molar-refractivity contribution < 1.29 is 28.5 Å². The summed E-state index contributed by atoms with van der Waals surface area (Å²) in [6, 6.07) is 26.7. The van der Waals surface area contributed by atoms with Crippen molar-refractivity contribution in [3.8, 4) is 11.1 Å². The molecule has 0 saturated heterocycles. The number of carbonyl (C=O) groups excluding carboxylic acids is 1. The molecule has 7 heteroatoms. The number of ether oxygens (including phenoxy) is 5. The molecule has 1 amide bonds. The van der Waals surface area contributed by atoms with Gasteiger partial charge < -0.3 is 29.0 Å². The number of benzene rings is 3. The minimum Gasteiger partial charge on any atom is -0.449 e. The molecular formula is C31H37NO6. The summed E-state index contributed by atoms with van der Waals surface area (Å²) in [7, 11) is 0. The molecule has 202 valence electrons. The zero-order chi connectivity index (χ0) is 26.3. The van der Waals surface area contributed by atoms with Gasteiger partial charge in [-0.25, -0.2) is 4.79 Å². The van der Waals surface area contributed by atoms with E-state index in [2.05, 4.69) is 29.6 Å². The van der Waals surface area contributed by atoms with Gasteiger partial charge in [0.25, 0.3) is 0 Å². The summed E-state index contributed by atoms with van der Waals surface area (Å²) < 4.78 is 27.7. The number of fused-ring (bicyclic) bond motifs is 3. The Morgan fingerprint density at radius 1 is 0.632 bits per heavy atom. The molecule has 1 aliphatic carbocycles. The van der Waals surface area contributed by atoms with Crippen molar-refractivity contribution in [3.05, 3.63) is 95.6 Å². The van der Waals surface area contributed by atoms with Crippen molar-refractivity contribution in [1.29, 1.82) is 0 Å². The first-order valence-electron chi connectivity index (χ1n) is 13.3. The van der Waals surface area contributed by atoms with Crippen molar-refractivity contribution in [1.82, 2.24) is 5.32 Å². The van der Waals surface area contributed by atoms with Crippen molar-refractivity contribution in [3.63, 3.8) is 0 Å². The summed E-state index contributed by atoms with van der Waals surface area (Å²) in [5.41, 5.74) is 6.00. The van der Waals surface area contributed by atoms with Gasteiger partial charge in [-0.1, -0.05) is 78.9 Å². The van der Waals surface area contributed by atoms with Crippen molar-refractivity contribution >= 4 is 6.09 Å². The van der Waals surface area contributed by atoms with Crippen molar-refractivity contribution in [2.45, 2.75) is 18.9 Å². The van der Waals surface area contributed by atoms with E-state index < -0.39 is 6.09 Å². The van der Waals surface area contributed by atoms with E-state index in [4.69, 9.17) is 23.7 Å². The summed E-state index contributed by atoms with van der Waals surface area (Å²) >= 11 is 0. The van der Waals surface area contributed by atoms with Crippen molar-refractivity contribution in [2.24, 2.45) is 0 Å². The van der Waals surface area contributed by atoms with E-state index in [9.17, 15) is 4.79 Å². The molecule has 0 fully saturated rings. The van der Waals surface area contributed by atoms with E-state index in [1.807, 2.05) is 54.6 Å². The second-order valence-electron chi connectivity index (χ2n) is 8.98. The topological polar surface area (TPSA) is 75.3 Å². The Kier molecular flexibility index (Phi) is 11.6. The molecule has 1 N–H and O–H groups in total. The minimum absolute atomic E-state index is 0.0647. The molecule has 0 spiro atoms. The molecule has 0 heterocycles. The van der Waals surface area contributed by atoms with E-state index in [0.717, 1.165) is 5.56 Å². The first-order chi connectivity index (χ1) is 18.8. The molecule has 3 aromatic rings. The quantitative estimate of drug-likeness (QED) is 0.248. The molecule has 3 aromatic carbocycles. The van der Waals surface area contributed by atoms with Crippen LogP contribution in [0.15, 0.2) is 78.9 Å². The Labute approximate surface area is 225 Å². The summed E-state index contributed by atoms with van der Waals surface area (Å²) in [6.45, 7) is 5.12. The van der Waals surface area contributed by atoms with Crippen molar-refractivity contribution in [2.75, 3.05) is 59.4 Å². The Morgan fingerprint density at radius 3 is 1.79 bits per heavy atom. The summed E-state index contributed by atoms with van der Waals surface area (Å²) in [4.78, 5) is 12.2. The lowest BCUT2D eigenvalue weighted by molar-refractivity contribution is -0.00424. The maximum atomic E-state index is 12.2. The van der Waals surface area contributed by atoms with Crippen LogP contribution in [0.4, 0.5) is 4.79 Å². The fraction of sp³-hybridized carbons (Fsp3) is 0.387. The highest BCUT2D eigenvalue weighted by Crippen LogP contribution is 2.44. The van der Waals surface area contributed by atoms with Crippen LogP contribution in [-0.2, 0) is 30.3 Å². The SMILES string of the molecule is O=C(NCCCOCCOCCOCCOCc1ccccc1)OCC1c2ccccc2-c2ccccc21. The number of amides is 1. The third-order valence-corrected chi connectivity index (χ3v) is 6.31. The van der Waals surface area contributed by atoms with Crippen LogP contribution in [0.25, 0.3) is 11.1 Å². The fourth-order valence-corrected chi connectivity index (χ4v) is 4.44. The van der Waals surface area contributed by atoms with Crippen LogP contribution < -0.4 is 5.32 Å². The van der Waals surface area contributed by atoms with E-state index in [1.54, 1.807) is 0 Å². The van der Waals surface area contributed by atoms with E-state index >= 15 is 0 Å². The van der Waals surface area contributed by atoms with Gasteiger partial charge in [0, 0.05) is 19.1 Å². The van der Waals surface area contributed by atoms with Gasteiger partial charge in [-0.05, 0) is 34.2 Å². The van der Waals surface area contributed by atoms with Crippen LogP contribution in [0.3, 0.4) is 0 Å².